The second kappa shape index (κ2) is 40.4. The number of phosphoric ester groups is 1. The Bertz CT molecular complexity index is 1410. The number of carbonyl (C=O) groups excluding carboxylic acids is 2. The third kappa shape index (κ3) is 32.6. The number of aliphatic hydroxyl groups excluding tert-OH is 5. The molecule has 0 aromatic rings. The molecule has 65 heavy (non-hydrogen) atoms. The number of carbonyl (C=O) groups is 2. The summed E-state index contributed by atoms with van der Waals surface area (Å²) in [5.74, 6) is -1.14. The predicted octanol–water partition coefficient (Wildman–Crippen LogP) is 10.3. The Labute approximate surface area is 391 Å². The van der Waals surface area contributed by atoms with Crippen molar-refractivity contribution in [3.05, 3.63) is 72.9 Å². The van der Waals surface area contributed by atoms with Gasteiger partial charge in [-0.25, -0.2) is 4.57 Å². The summed E-state index contributed by atoms with van der Waals surface area (Å²) in [7, 11) is -5.14. The summed E-state index contributed by atoms with van der Waals surface area (Å²) >= 11 is 0. The van der Waals surface area contributed by atoms with E-state index in [1.165, 1.54) is 57.8 Å². The van der Waals surface area contributed by atoms with Gasteiger partial charge in [0.2, 0.25) is 0 Å². The van der Waals surface area contributed by atoms with Crippen molar-refractivity contribution in [2.45, 2.75) is 224 Å². The second-order valence-electron chi connectivity index (χ2n) is 17.0. The molecule has 0 bridgehead atoms. The highest BCUT2D eigenvalue weighted by Gasteiger charge is 2.51. The summed E-state index contributed by atoms with van der Waals surface area (Å²) in [6.07, 6.45) is 38.0. The van der Waals surface area contributed by atoms with Crippen molar-refractivity contribution >= 4 is 19.8 Å². The minimum Gasteiger partial charge on any atom is -0.462 e. The van der Waals surface area contributed by atoms with E-state index in [-0.39, 0.29) is 12.8 Å². The molecule has 1 rings (SSSR count). The zero-order valence-electron chi connectivity index (χ0n) is 39.8. The van der Waals surface area contributed by atoms with Crippen molar-refractivity contribution in [3.8, 4) is 0 Å². The fourth-order valence-electron chi connectivity index (χ4n) is 7.01. The molecule has 0 aromatic carbocycles. The standard InChI is InChI=1S/C51H87O13P/c1-3-5-7-9-11-13-15-17-19-21-22-24-25-27-29-31-33-35-37-39-44(52)61-41-43(42-62-65(59,60)64-51-49(57)47(55)46(54)48(56)50(51)58)63-45(53)40-38-36-34-32-30-28-26-23-20-18-16-14-12-10-8-6-4-2/h8,10-11,13-14,16-17,19-20,23,28,30,43,46-51,54-58H,3-7,9,12,15,18,21-22,24-27,29,31-42H2,1-2H3,(H,59,60)/b10-8+,13-11+,16-14+,19-17+,23-20+,30-28+/t43-,46?,47-,48?,49?,50?,51?/m0/s1. The molecule has 14 heteroatoms. The van der Waals surface area contributed by atoms with Gasteiger partial charge in [-0.1, -0.05) is 157 Å². The minimum absolute atomic E-state index is 0.0549. The first-order valence-electron chi connectivity index (χ1n) is 24.7. The normalized spacial score (nSPS) is 22.0. The van der Waals surface area contributed by atoms with Gasteiger partial charge in [0.05, 0.1) is 6.61 Å². The molecule has 1 fully saturated rings. The molecule has 0 aliphatic heterocycles. The van der Waals surface area contributed by atoms with Crippen LogP contribution in [0.5, 0.6) is 0 Å². The van der Waals surface area contributed by atoms with E-state index in [9.17, 15) is 44.6 Å². The first-order valence-corrected chi connectivity index (χ1v) is 26.2. The van der Waals surface area contributed by atoms with Crippen molar-refractivity contribution in [2.24, 2.45) is 0 Å². The Hall–Kier alpha value is -2.71. The number of phosphoric acid groups is 1. The number of allylic oxidation sites excluding steroid dienone is 12. The lowest BCUT2D eigenvalue weighted by Crippen LogP contribution is -2.64. The summed E-state index contributed by atoms with van der Waals surface area (Å²) in [5, 5.41) is 50.2. The van der Waals surface area contributed by atoms with Crippen molar-refractivity contribution < 1.29 is 63.1 Å². The molecule has 374 valence electrons. The van der Waals surface area contributed by atoms with Crippen LogP contribution in [0.3, 0.4) is 0 Å². The molecule has 6 N–H and O–H groups in total. The molecule has 0 amide bonds. The number of hydrogen-bond acceptors (Lipinski definition) is 12. The Balaban J connectivity index is 2.45. The van der Waals surface area contributed by atoms with Gasteiger partial charge in [0.1, 0.15) is 43.2 Å². The van der Waals surface area contributed by atoms with Crippen LogP contribution in [-0.2, 0) is 32.7 Å². The van der Waals surface area contributed by atoms with E-state index in [2.05, 4.69) is 86.8 Å². The van der Waals surface area contributed by atoms with E-state index in [1.54, 1.807) is 0 Å². The van der Waals surface area contributed by atoms with Gasteiger partial charge in [-0.2, -0.15) is 0 Å². The molecule has 6 unspecified atom stereocenters. The highest BCUT2D eigenvalue weighted by molar-refractivity contribution is 7.47. The molecule has 1 aliphatic carbocycles. The number of esters is 2. The first kappa shape index (κ1) is 60.3. The Morgan fingerprint density at radius 1 is 0.477 bits per heavy atom. The maximum atomic E-state index is 12.8. The highest BCUT2D eigenvalue weighted by atomic mass is 31.2. The maximum Gasteiger partial charge on any atom is 0.472 e. The van der Waals surface area contributed by atoms with Gasteiger partial charge in [0.25, 0.3) is 0 Å². The molecule has 0 heterocycles. The zero-order chi connectivity index (χ0) is 47.8. The Morgan fingerprint density at radius 2 is 0.862 bits per heavy atom. The van der Waals surface area contributed by atoms with Crippen molar-refractivity contribution in [1.82, 2.24) is 0 Å². The monoisotopic (exact) mass is 939 g/mol. The van der Waals surface area contributed by atoms with Crippen LogP contribution in [-0.4, -0.2) is 98.3 Å². The number of unbranched alkanes of at least 4 members (excludes halogenated alkanes) is 16. The SMILES string of the molecule is CCC/C=C/C/C=C/C/C=C/C/C=C/CCCCCC(=O)O[C@@H](COC(=O)CCCCCCCCCCC/C=C/C/C=C/CCCCC)COP(=O)(O)OC1C(O)C(O)C(O)[C@H](O)C1O. The lowest BCUT2D eigenvalue weighted by atomic mass is 9.85. The molecule has 0 aromatic heterocycles. The molecule has 1 saturated carbocycles. The van der Waals surface area contributed by atoms with E-state index in [1.807, 2.05) is 0 Å². The fourth-order valence-corrected chi connectivity index (χ4v) is 7.99. The smallest absolute Gasteiger partial charge is 0.462 e. The van der Waals surface area contributed by atoms with Crippen LogP contribution < -0.4 is 0 Å². The van der Waals surface area contributed by atoms with Crippen LogP contribution >= 0.6 is 7.82 Å². The summed E-state index contributed by atoms with van der Waals surface area (Å²) in [4.78, 5) is 35.8. The number of ether oxygens (including phenoxy) is 2. The van der Waals surface area contributed by atoms with Gasteiger partial charge in [-0.05, 0) is 83.5 Å². The van der Waals surface area contributed by atoms with Crippen LogP contribution in [0, 0.1) is 0 Å². The third-order valence-corrected chi connectivity index (χ3v) is 12.0. The van der Waals surface area contributed by atoms with Gasteiger partial charge in [-0.15, -0.1) is 0 Å². The molecule has 8 atom stereocenters. The van der Waals surface area contributed by atoms with Gasteiger partial charge >= 0.3 is 19.8 Å². The lowest BCUT2D eigenvalue weighted by molar-refractivity contribution is -0.220. The molecule has 13 nitrogen and oxygen atoms in total. The molecule has 1 aliphatic rings. The molecular weight excluding hydrogens is 852 g/mol. The van der Waals surface area contributed by atoms with Gasteiger partial charge in [0.15, 0.2) is 6.10 Å². The average Bonchev–Trinajstić information content (AvgIpc) is 3.29. The Kier molecular flexibility index (Phi) is 37.5. The fraction of sp³-hybridized carbons (Fsp3) is 0.725. The van der Waals surface area contributed by atoms with Crippen molar-refractivity contribution in [1.29, 1.82) is 0 Å². The van der Waals surface area contributed by atoms with Crippen LogP contribution in [0.2, 0.25) is 0 Å². The predicted molar refractivity (Wildman–Crippen MR) is 258 cm³/mol. The molecular formula is C51H87O13P. The van der Waals surface area contributed by atoms with E-state index >= 15 is 0 Å². The molecule has 0 spiro atoms. The minimum atomic E-state index is -5.14. The van der Waals surface area contributed by atoms with E-state index in [4.69, 9.17) is 18.5 Å². The summed E-state index contributed by atoms with van der Waals surface area (Å²) in [5.41, 5.74) is 0. The third-order valence-electron chi connectivity index (χ3n) is 11.0. The number of aliphatic hydroxyl groups is 5. The first-order chi connectivity index (χ1) is 31.4. The molecule has 0 radical (unpaired) electrons. The lowest BCUT2D eigenvalue weighted by Gasteiger charge is -2.41. The van der Waals surface area contributed by atoms with Crippen LogP contribution in [0.4, 0.5) is 0 Å². The number of hydrogen-bond donors (Lipinski definition) is 6. The van der Waals surface area contributed by atoms with Gasteiger partial charge in [0, 0.05) is 12.8 Å². The van der Waals surface area contributed by atoms with Crippen LogP contribution in [0.25, 0.3) is 0 Å². The van der Waals surface area contributed by atoms with Crippen molar-refractivity contribution in [3.63, 3.8) is 0 Å². The highest BCUT2D eigenvalue weighted by Crippen LogP contribution is 2.47. The summed E-state index contributed by atoms with van der Waals surface area (Å²) in [6.45, 7) is 3.18. The summed E-state index contributed by atoms with van der Waals surface area (Å²) < 4.78 is 33.6. The van der Waals surface area contributed by atoms with E-state index in [0.29, 0.717) is 12.8 Å². The topological polar surface area (TPSA) is 210 Å². The van der Waals surface area contributed by atoms with E-state index < -0.39 is 75.7 Å². The van der Waals surface area contributed by atoms with Crippen LogP contribution in [0.15, 0.2) is 72.9 Å². The average molecular weight is 939 g/mol. The second-order valence-corrected chi connectivity index (χ2v) is 18.4. The van der Waals surface area contributed by atoms with Gasteiger partial charge in [-0.3, -0.25) is 18.6 Å². The molecule has 0 saturated heterocycles. The Morgan fingerprint density at radius 3 is 1.34 bits per heavy atom. The van der Waals surface area contributed by atoms with Crippen molar-refractivity contribution in [2.75, 3.05) is 13.2 Å². The van der Waals surface area contributed by atoms with Crippen LogP contribution in [0.1, 0.15) is 181 Å². The van der Waals surface area contributed by atoms with Gasteiger partial charge < -0.3 is 39.9 Å². The number of rotatable bonds is 40. The zero-order valence-corrected chi connectivity index (χ0v) is 40.7. The van der Waals surface area contributed by atoms with E-state index in [0.717, 1.165) is 83.5 Å². The maximum absolute atomic E-state index is 12.8. The quantitative estimate of drug-likeness (QED) is 0.0146. The summed E-state index contributed by atoms with van der Waals surface area (Å²) in [6, 6.07) is 0. The largest absolute Gasteiger partial charge is 0.472 e.